The molecule has 1 N–H and O–H groups in total. The maximum atomic E-state index is 10.9. The molecule has 0 aromatic carbocycles. The standard InChI is InChI=1S/C11H15N3O3/c1-8-5-10(14(15)16)11(13-6-8)17-9-3-2-4-12-7-9/h5-6,9,12H,2-4,7H2,1H3/t9-/m0/s1. The van der Waals surface area contributed by atoms with Gasteiger partial charge < -0.3 is 10.1 Å². The predicted molar refractivity (Wildman–Crippen MR) is 62.1 cm³/mol. The molecule has 6 nitrogen and oxygen atoms in total. The molecule has 92 valence electrons. The van der Waals surface area contributed by atoms with Crippen molar-refractivity contribution in [1.82, 2.24) is 10.3 Å². The summed E-state index contributed by atoms with van der Waals surface area (Å²) in [6, 6.07) is 1.48. The minimum absolute atomic E-state index is 0.0299. The summed E-state index contributed by atoms with van der Waals surface area (Å²) in [7, 11) is 0. The third-order valence-corrected chi connectivity index (χ3v) is 2.70. The number of nitro groups is 1. The first kappa shape index (κ1) is 11.8. The van der Waals surface area contributed by atoms with Crippen molar-refractivity contribution in [2.75, 3.05) is 13.1 Å². The van der Waals surface area contributed by atoms with E-state index in [-0.39, 0.29) is 17.7 Å². The van der Waals surface area contributed by atoms with Gasteiger partial charge in [-0.1, -0.05) is 0 Å². The van der Waals surface area contributed by atoms with Crippen molar-refractivity contribution < 1.29 is 9.66 Å². The predicted octanol–water partition coefficient (Wildman–Crippen LogP) is 1.43. The molecule has 2 heterocycles. The Morgan fingerprint density at radius 2 is 2.47 bits per heavy atom. The number of piperidine rings is 1. The number of rotatable bonds is 3. The monoisotopic (exact) mass is 237 g/mol. The smallest absolute Gasteiger partial charge is 0.331 e. The molecule has 17 heavy (non-hydrogen) atoms. The van der Waals surface area contributed by atoms with Crippen LogP contribution < -0.4 is 10.1 Å². The molecule has 2 rings (SSSR count). The fraction of sp³-hybridized carbons (Fsp3) is 0.545. The molecular formula is C11H15N3O3. The fourth-order valence-corrected chi connectivity index (χ4v) is 1.84. The van der Waals surface area contributed by atoms with Crippen molar-refractivity contribution in [2.45, 2.75) is 25.9 Å². The van der Waals surface area contributed by atoms with E-state index in [0.717, 1.165) is 24.9 Å². The molecule has 1 aliphatic heterocycles. The minimum atomic E-state index is -0.453. The molecule has 1 atom stereocenters. The number of nitrogens with one attached hydrogen (secondary N) is 1. The van der Waals surface area contributed by atoms with Crippen LogP contribution in [0.4, 0.5) is 5.69 Å². The van der Waals surface area contributed by atoms with Gasteiger partial charge in [0, 0.05) is 18.8 Å². The van der Waals surface area contributed by atoms with Gasteiger partial charge >= 0.3 is 5.69 Å². The van der Waals surface area contributed by atoms with E-state index in [1.165, 1.54) is 6.07 Å². The molecule has 6 heteroatoms. The molecule has 1 aromatic rings. The van der Waals surface area contributed by atoms with Crippen LogP contribution in [0.5, 0.6) is 5.88 Å². The lowest BCUT2D eigenvalue weighted by Crippen LogP contribution is -2.37. The number of hydrogen-bond donors (Lipinski definition) is 1. The highest BCUT2D eigenvalue weighted by Crippen LogP contribution is 2.26. The Morgan fingerprint density at radius 1 is 1.65 bits per heavy atom. The summed E-state index contributed by atoms with van der Waals surface area (Å²) in [6.45, 7) is 3.46. The number of ether oxygens (including phenoxy) is 1. The molecule has 1 aromatic heterocycles. The molecule has 1 aliphatic rings. The Kier molecular flexibility index (Phi) is 3.53. The van der Waals surface area contributed by atoms with E-state index in [1.807, 2.05) is 0 Å². The second-order valence-corrected chi connectivity index (χ2v) is 4.18. The zero-order chi connectivity index (χ0) is 12.3. The normalized spacial score (nSPS) is 19.9. The highest BCUT2D eigenvalue weighted by atomic mass is 16.6. The van der Waals surface area contributed by atoms with Gasteiger partial charge in [0.05, 0.1) is 4.92 Å². The highest BCUT2D eigenvalue weighted by Gasteiger charge is 2.22. The van der Waals surface area contributed by atoms with E-state index in [1.54, 1.807) is 13.1 Å². The second kappa shape index (κ2) is 5.09. The number of nitrogens with zero attached hydrogens (tertiary/aromatic N) is 2. The lowest BCUT2D eigenvalue weighted by molar-refractivity contribution is -0.386. The Balaban J connectivity index is 2.16. The molecule has 0 bridgehead atoms. The molecular weight excluding hydrogens is 222 g/mol. The van der Waals surface area contributed by atoms with Crippen LogP contribution in [0.1, 0.15) is 18.4 Å². The molecule has 1 saturated heterocycles. The summed E-state index contributed by atoms with van der Waals surface area (Å²) in [4.78, 5) is 14.4. The first-order valence-corrected chi connectivity index (χ1v) is 5.65. The van der Waals surface area contributed by atoms with Crippen molar-refractivity contribution in [3.8, 4) is 5.88 Å². The Morgan fingerprint density at radius 3 is 3.12 bits per heavy atom. The second-order valence-electron chi connectivity index (χ2n) is 4.18. The van der Waals surface area contributed by atoms with Gasteiger partial charge in [0.1, 0.15) is 6.10 Å². The molecule has 0 aliphatic carbocycles. The molecule has 0 saturated carbocycles. The number of aromatic nitrogens is 1. The topological polar surface area (TPSA) is 77.3 Å². The number of aryl methyl sites for hydroxylation is 1. The lowest BCUT2D eigenvalue weighted by Gasteiger charge is -2.23. The summed E-state index contributed by atoms with van der Waals surface area (Å²) in [5.41, 5.74) is 0.696. The lowest BCUT2D eigenvalue weighted by atomic mass is 10.1. The first-order valence-electron chi connectivity index (χ1n) is 5.65. The maximum absolute atomic E-state index is 10.9. The number of hydrogen-bond acceptors (Lipinski definition) is 5. The summed E-state index contributed by atoms with van der Waals surface area (Å²) >= 11 is 0. The quantitative estimate of drug-likeness (QED) is 0.635. The van der Waals surface area contributed by atoms with E-state index in [0.29, 0.717) is 6.54 Å². The minimum Gasteiger partial charge on any atom is -0.468 e. The van der Waals surface area contributed by atoms with Gasteiger partial charge in [-0.3, -0.25) is 10.1 Å². The van der Waals surface area contributed by atoms with E-state index in [2.05, 4.69) is 10.3 Å². The van der Waals surface area contributed by atoms with Crippen LogP contribution in [0.3, 0.4) is 0 Å². The molecule has 0 radical (unpaired) electrons. The average Bonchev–Trinajstić information content (AvgIpc) is 2.32. The van der Waals surface area contributed by atoms with Crippen molar-refractivity contribution in [3.05, 3.63) is 27.9 Å². The Labute approximate surface area is 99.2 Å². The summed E-state index contributed by atoms with van der Waals surface area (Å²) < 4.78 is 5.59. The van der Waals surface area contributed by atoms with Gasteiger partial charge in [0.15, 0.2) is 0 Å². The molecule has 1 fully saturated rings. The van der Waals surface area contributed by atoms with Gasteiger partial charge in [-0.05, 0) is 31.9 Å². The Hall–Kier alpha value is -1.69. The van der Waals surface area contributed by atoms with Crippen LogP contribution in [0, 0.1) is 17.0 Å². The number of pyridine rings is 1. The van der Waals surface area contributed by atoms with Crippen molar-refractivity contribution in [3.63, 3.8) is 0 Å². The molecule has 0 spiro atoms. The fourth-order valence-electron chi connectivity index (χ4n) is 1.84. The SMILES string of the molecule is Cc1cnc(O[C@H]2CCCNC2)c([N+](=O)[O-])c1. The molecule has 0 amide bonds. The summed E-state index contributed by atoms with van der Waals surface area (Å²) in [6.07, 6.45) is 3.47. The van der Waals surface area contributed by atoms with E-state index in [9.17, 15) is 10.1 Å². The largest absolute Gasteiger partial charge is 0.468 e. The van der Waals surface area contributed by atoms with Gasteiger partial charge in [0.2, 0.25) is 0 Å². The van der Waals surface area contributed by atoms with Crippen molar-refractivity contribution >= 4 is 5.69 Å². The van der Waals surface area contributed by atoms with Crippen LogP contribution in [0.2, 0.25) is 0 Å². The van der Waals surface area contributed by atoms with Gasteiger partial charge in [-0.15, -0.1) is 0 Å². The zero-order valence-corrected chi connectivity index (χ0v) is 9.68. The summed E-state index contributed by atoms with van der Waals surface area (Å²) in [5.74, 6) is 0.120. The van der Waals surface area contributed by atoms with Crippen LogP contribution in [0.15, 0.2) is 12.3 Å². The van der Waals surface area contributed by atoms with E-state index < -0.39 is 4.92 Å². The third-order valence-electron chi connectivity index (χ3n) is 2.70. The maximum Gasteiger partial charge on any atom is 0.331 e. The Bertz CT molecular complexity index is 416. The molecule has 0 unspecified atom stereocenters. The first-order chi connectivity index (χ1) is 8.16. The van der Waals surface area contributed by atoms with Crippen molar-refractivity contribution in [2.24, 2.45) is 0 Å². The average molecular weight is 237 g/mol. The van der Waals surface area contributed by atoms with Crippen LogP contribution in [0.25, 0.3) is 0 Å². The van der Waals surface area contributed by atoms with Gasteiger partial charge in [-0.25, -0.2) is 4.98 Å². The van der Waals surface area contributed by atoms with E-state index in [4.69, 9.17) is 4.74 Å². The van der Waals surface area contributed by atoms with Crippen LogP contribution in [-0.2, 0) is 0 Å². The van der Waals surface area contributed by atoms with E-state index >= 15 is 0 Å². The van der Waals surface area contributed by atoms with Gasteiger partial charge in [-0.2, -0.15) is 0 Å². The third kappa shape index (κ3) is 2.91. The highest BCUT2D eigenvalue weighted by molar-refractivity contribution is 5.42. The van der Waals surface area contributed by atoms with Gasteiger partial charge in [0.25, 0.3) is 5.88 Å². The zero-order valence-electron chi connectivity index (χ0n) is 9.68. The van der Waals surface area contributed by atoms with Crippen LogP contribution in [-0.4, -0.2) is 29.1 Å². The summed E-state index contributed by atoms with van der Waals surface area (Å²) in [5, 5.41) is 14.1. The van der Waals surface area contributed by atoms with Crippen LogP contribution >= 0.6 is 0 Å². The van der Waals surface area contributed by atoms with Crippen molar-refractivity contribution in [1.29, 1.82) is 0 Å².